The van der Waals surface area contributed by atoms with Crippen LogP contribution in [-0.4, -0.2) is 36.7 Å². The molecule has 6 heteroatoms. The Balaban J connectivity index is 2.21. The lowest BCUT2D eigenvalue weighted by Crippen LogP contribution is -2.32. The van der Waals surface area contributed by atoms with Gasteiger partial charge in [-0.15, -0.1) is 11.3 Å². The Kier molecular flexibility index (Phi) is 5.22. The van der Waals surface area contributed by atoms with Gasteiger partial charge < -0.3 is 14.7 Å². The van der Waals surface area contributed by atoms with E-state index in [1.807, 2.05) is 12.1 Å². The minimum atomic E-state index is -0.413. The molecule has 1 atom stereocenters. The third-order valence-electron chi connectivity index (χ3n) is 3.25. The highest BCUT2D eigenvalue weighted by molar-refractivity contribution is 7.17. The molecule has 0 radical (unpaired) electrons. The third kappa shape index (κ3) is 3.56. The van der Waals surface area contributed by atoms with Crippen LogP contribution in [-0.2, 0) is 0 Å². The summed E-state index contributed by atoms with van der Waals surface area (Å²) < 4.78 is 5.67. The van der Waals surface area contributed by atoms with Crippen molar-refractivity contribution in [3.05, 3.63) is 51.2 Å². The molecule has 1 N–H and O–H groups in total. The lowest BCUT2D eigenvalue weighted by molar-refractivity contribution is 0.0663. The van der Waals surface area contributed by atoms with Crippen LogP contribution in [0.1, 0.15) is 21.3 Å². The van der Waals surface area contributed by atoms with Gasteiger partial charge in [-0.1, -0.05) is 23.7 Å². The molecule has 0 saturated heterocycles. The number of nitrogens with zero attached hydrogens (tertiary/aromatic N) is 1. The van der Waals surface area contributed by atoms with Crippen LogP contribution in [0.2, 0.25) is 4.34 Å². The SMILES string of the molecule is COc1ccc(C(CO)N(C)C(=O)c2ccc(Cl)s2)cc1. The summed E-state index contributed by atoms with van der Waals surface area (Å²) in [4.78, 5) is 14.5. The van der Waals surface area contributed by atoms with E-state index in [2.05, 4.69) is 0 Å². The van der Waals surface area contributed by atoms with E-state index in [1.54, 1.807) is 38.4 Å². The number of aliphatic hydroxyl groups is 1. The molecule has 0 spiro atoms. The first-order valence-corrected chi connectivity index (χ1v) is 7.53. The molecular formula is C15H16ClNO3S. The van der Waals surface area contributed by atoms with Crippen LogP contribution in [0.4, 0.5) is 0 Å². The van der Waals surface area contributed by atoms with E-state index in [-0.39, 0.29) is 12.5 Å². The second-order valence-corrected chi connectivity index (χ2v) is 6.21. The van der Waals surface area contributed by atoms with Gasteiger partial charge in [-0.05, 0) is 29.8 Å². The fourth-order valence-electron chi connectivity index (χ4n) is 2.02. The normalized spacial score (nSPS) is 12.0. The van der Waals surface area contributed by atoms with Crippen molar-refractivity contribution in [2.24, 2.45) is 0 Å². The summed E-state index contributed by atoms with van der Waals surface area (Å²) in [5.41, 5.74) is 0.844. The van der Waals surface area contributed by atoms with Crippen LogP contribution in [0.3, 0.4) is 0 Å². The summed E-state index contributed by atoms with van der Waals surface area (Å²) in [7, 11) is 3.26. The first-order valence-electron chi connectivity index (χ1n) is 6.34. The van der Waals surface area contributed by atoms with Gasteiger partial charge in [0.15, 0.2) is 0 Å². The lowest BCUT2D eigenvalue weighted by Gasteiger charge is -2.26. The molecule has 2 rings (SSSR count). The van der Waals surface area contributed by atoms with Crippen molar-refractivity contribution in [2.45, 2.75) is 6.04 Å². The summed E-state index contributed by atoms with van der Waals surface area (Å²) >= 11 is 7.08. The maximum Gasteiger partial charge on any atom is 0.264 e. The van der Waals surface area contributed by atoms with Crippen molar-refractivity contribution in [2.75, 3.05) is 20.8 Å². The molecule has 0 aliphatic heterocycles. The highest BCUT2D eigenvalue weighted by atomic mass is 35.5. The first-order chi connectivity index (χ1) is 10.1. The van der Waals surface area contributed by atoms with E-state index in [1.165, 1.54) is 16.2 Å². The van der Waals surface area contributed by atoms with Crippen LogP contribution in [0.25, 0.3) is 0 Å². The highest BCUT2D eigenvalue weighted by Crippen LogP contribution is 2.27. The maximum absolute atomic E-state index is 12.4. The van der Waals surface area contributed by atoms with Crippen molar-refractivity contribution >= 4 is 28.8 Å². The van der Waals surface area contributed by atoms with E-state index < -0.39 is 6.04 Å². The molecule has 0 aliphatic carbocycles. The van der Waals surface area contributed by atoms with Gasteiger partial charge >= 0.3 is 0 Å². The Hall–Kier alpha value is -1.56. The maximum atomic E-state index is 12.4. The molecule has 0 fully saturated rings. The fraction of sp³-hybridized carbons (Fsp3) is 0.267. The summed E-state index contributed by atoms with van der Waals surface area (Å²) in [6.45, 7) is -0.159. The Morgan fingerprint density at radius 2 is 2.00 bits per heavy atom. The number of hydrogen-bond donors (Lipinski definition) is 1. The van der Waals surface area contributed by atoms with Gasteiger partial charge in [-0.25, -0.2) is 0 Å². The Morgan fingerprint density at radius 1 is 1.33 bits per heavy atom. The molecule has 4 nitrogen and oxygen atoms in total. The number of carbonyl (C=O) groups is 1. The van der Waals surface area contributed by atoms with Crippen LogP contribution in [0.15, 0.2) is 36.4 Å². The molecule has 0 aliphatic rings. The molecule has 1 heterocycles. The molecule has 0 bridgehead atoms. The fourth-order valence-corrected chi connectivity index (χ4v) is 3.05. The number of benzene rings is 1. The minimum Gasteiger partial charge on any atom is -0.497 e. The number of methoxy groups -OCH3 is 1. The third-order valence-corrected chi connectivity index (χ3v) is 4.46. The Labute approximate surface area is 132 Å². The van der Waals surface area contributed by atoms with Crippen LogP contribution in [0, 0.1) is 0 Å². The van der Waals surface area contributed by atoms with E-state index in [9.17, 15) is 9.90 Å². The summed E-state index contributed by atoms with van der Waals surface area (Å²) in [5, 5.41) is 9.63. The van der Waals surface area contributed by atoms with E-state index in [4.69, 9.17) is 16.3 Å². The number of rotatable bonds is 5. The highest BCUT2D eigenvalue weighted by Gasteiger charge is 2.23. The van der Waals surface area contributed by atoms with Crippen molar-refractivity contribution in [3.8, 4) is 5.75 Å². The standard InChI is InChI=1S/C15H16ClNO3S/c1-17(15(19)13-7-8-14(16)21-13)12(9-18)10-3-5-11(20-2)6-4-10/h3-8,12,18H,9H2,1-2H3. The van der Waals surface area contributed by atoms with Crippen molar-refractivity contribution < 1.29 is 14.6 Å². The zero-order valence-electron chi connectivity index (χ0n) is 11.7. The number of ether oxygens (including phenoxy) is 1. The number of likely N-dealkylation sites (N-methyl/N-ethyl adjacent to an activating group) is 1. The number of thiophene rings is 1. The largest absolute Gasteiger partial charge is 0.497 e. The molecule has 21 heavy (non-hydrogen) atoms. The molecule has 112 valence electrons. The second kappa shape index (κ2) is 6.93. The topological polar surface area (TPSA) is 49.8 Å². The number of halogens is 1. The number of amides is 1. The van der Waals surface area contributed by atoms with Gasteiger partial charge in [-0.2, -0.15) is 0 Å². The molecule has 1 amide bonds. The minimum absolute atomic E-state index is 0.159. The first kappa shape index (κ1) is 15.8. The zero-order chi connectivity index (χ0) is 15.4. The predicted molar refractivity (Wildman–Crippen MR) is 84.2 cm³/mol. The molecule has 2 aromatic rings. The summed E-state index contributed by atoms with van der Waals surface area (Å²) in [6.07, 6.45) is 0. The zero-order valence-corrected chi connectivity index (χ0v) is 13.3. The average molecular weight is 326 g/mol. The smallest absolute Gasteiger partial charge is 0.264 e. The van der Waals surface area contributed by atoms with Gasteiger partial charge in [-0.3, -0.25) is 4.79 Å². The van der Waals surface area contributed by atoms with Gasteiger partial charge in [0.05, 0.1) is 29.0 Å². The van der Waals surface area contributed by atoms with Crippen molar-refractivity contribution in [1.82, 2.24) is 4.90 Å². The second-order valence-electron chi connectivity index (χ2n) is 4.49. The number of aliphatic hydroxyl groups excluding tert-OH is 1. The molecule has 1 aromatic carbocycles. The van der Waals surface area contributed by atoms with E-state index in [0.717, 1.165) is 11.3 Å². The van der Waals surface area contributed by atoms with Crippen molar-refractivity contribution in [1.29, 1.82) is 0 Å². The summed E-state index contributed by atoms with van der Waals surface area (Å²) in [6, 6.07) is 10.2. The van der Waals surface area contributed by atoms with Gasteiger partial charge in [0.2, 0.25) is 0 Å². The van der Waals surface area contributed by atoms with E-state index in [0.29, 0.717) is 9.21 Å². The molecule has 0 saturated carbocycles. The van der Waals surface area contributed by atoms with Crippen LogP contribution < -0.4 is 4.74 Å². The number of carbonyl (C=O) groups excluding carboxylic acids is 1. The molecule has 1 aromatic heterocycles. The monoisotopic (exact) mass is 325 g/mol. The van der Waals surface area contributed by atoms with Crippen LogP contribution >= 0.6 is 22.9 Å². The van der Waals surface area contributed by atoms with Crippen molar-refractivity contribution in [3.63, 3.8) is 0 Å². The Morgan fingerprint density at radius 3 is 2.48 bits per heavy atom. The Bertz CT molecular complexity index is 612. The summed E-state index contributed by atoms with van der Waals surface area (Å²) in [5.74, 6) is 0.566. The van der Waals surface area contributed by atoms with Gasteiger partial charge in [0.1, 0.15) is 5.75 Å². The van der Waals surface area contributed by atoms with Crippen LogP contribution in [0.5, 0.6) is 5.75 Å². The number of hydrogen-bond acceptors (Lipinski definition) is 4. The average Bonchev–Trinajstić information content (AvgIpc) is 2.94. The quantitative estimate of drug-likeness (QED) is 0.918. The predicted octanol–water partition coefficient (Wildman–Crippen LogP) is 3.22. The molecular weight excluding hydrogens is 310 g/mol. The lowest BCUT2D eigenvalue weighted by atomic mass is 10.1. The molecule has 1 unspecified atom stereocenters. The van der Waals surface area contributed by atoms with E-state index >= 15 is 0 Å². The van der Waals surface area contributed by atoms with Gasteiger partial charge in [0, 0.05) is 7.05 Å². The van der Waals surface area contributed by atoms with Gasteiger partial charge in [0.25, 0.3) is 5.91 Å².